The monoisotopic (exact) mass is 271 g/mol. The van der Waals surface area contributed by atoms with E-state index in [9.17, 15) is 0 Å². The van der Waals surface area contributed by atoms with Crippen molar-refractivity contribution in [3.8, 4) is 0 Å². The number of hydrogen-bond acceptors (Lipinski definition) is 4. The average Bonchev–Trinajstić information content (AvgIpc) is 3.01. The van der Waals surface area contributed by atoms with Gasteiger partial charge in [-0.2, -0.15) is 0 Å². The molecule has 4 heteroatoms. The molecule has 1 fully saturated rings. The summed E-state index contributed by atoms with van der Waals surface area (Å²) < 4.78 is 0. The highest BCUT2D eigenvalue weighted by atomic mass is 32.1. The van der Waals surface area contributed by atoms with Gasteiger partial charge in [-0.3, -0.25) is 4.98 Å². The number of nitrogens with zero attached hydrogens (tertiary/aromatic N) is 2. The van der Waals surface area contributed by atoms with Gasteiger partial charge in [-0.05, 0) is 43.7 Å². The van der Waals surface area contributed by atoms with E-state index >= 15 is 0 Å². The van der Waals surface area contributed by atoms with Gasteiger partial charge in [-0.15, -0.1) is 11.3 Å². The van der Waals surface area contributed by atoms with Crippen LogP contribution < -0.4 is 5.32 Å². The summed E-state index contributed by atoms with van der Waals surface area (Å²) in [6.07, 6.45) is 10.0. The minimum atomic E-state index is 0.233. The average molecular weight is 271 g/mol. The first-order valence-corrected chi connectivity index (χ1v) is 7.86. The predicted octanol–water partition coefficient (Wildman–Crippen LogP) is 2.87. The lowest BCUT2D eigenvalue weighted by Gasteiger charge is -2.16. The van der Waals surface area contributed by atoms with Crippen molar-refractivity contribution in [2.45, 2.75) is 44.2 Å². The first kappa shape index (κ1) is 11.6. The third kappa shape index (κ3) is 2.30. The van der Waals surface area contributed by atoms with Gasteiger partial charge in [-0.1, -0.05) is 6.07 Å². The maximum Gasteiger partial charge on any atom is 0.115 e. The third-order valence-electron chi connectivity index (χ3n) is 3.86. The Morgan fingerprint density at radius 2 is 2.26 bits per heavy atom. The van der Waals surface area contributed by atoms with Crippen molar-refractivity contribution in [2.75, 3.05) is 0 Å². The van der Waals surface area contributed by atoms with Crippen molar-refractivity contribution in [3.63, 3.8) is 0 Å². The van der Waals surface area contributed by atoms with Gasteiger partial charge in [0.2, 0.25) is 0 Å². The summed E-state index contributed by atoms with van der Waals surface area (Å²) in [5.74, 6) is 0. The van der Waals surface area contributed by atoms with Crippen LogP contribution in [0.5, 0.6) is 0 Å². The number of hydrogen-bond donors (Lipinski definition) is 1. The molecular formula is C15H17N3S. The molecule has 0 bridgehead atoms. The zero-order chi connectivity index (χ0) is 12.7. The van der Waals surface area contributed by atoms with Crippen LogP contribution in [0.2, 0.25) is 0 Å². The molecule has 0 aliphatic heterocycles. The fraction of sp³-hybridized carbons (Fsp3) is 0.467. The number of thiazole rings is 1. The van der Waals surface area contributed by atoms with Crippen LogP contribution in [-0.2, 0) is 12.8 Å². The Morgan fingerprint density at radius 1 is 1.32 bits per heavy atom. The van der Waals surface area contributed by atoms with E-state index in [1.54, 1.807) is 0 Å². The van der Waals surface area contributed by atoms with Crippen molar-refractivity contribution in [3.05, 3.63) is 45.7 Å². The molecule has 2 heterocycles. The first-order valence-electron chi connectivity index (χ1n) is 7.04. The Morgan fingerprint density at radius 3 is 3.00 bits per heavy atom. The molecule has 0 radical (unpaired) electrons. The fourth-order valence-corrected chi connectivity index (χ4v) is 3.92. The maximum absolute atomic E-state index is 4.88. The topological polar surface area (TPSA) is 37.8 Å². The molecule has 0 aromatic carbocycles. The molecule has 0 spiro atoms. The highest BCUT2D eigenvalue weighted by Crippen LogP contribution is 2.35. The van der Waals surface area contributed by atoms with Crippen molar-refractivity contribution in [1.29, 1.82) is 0 Å². The van der Waals surface area contributed by atoms with Gasteiger partial charge in [0, 0.05) is 23.3 Å². The second kappa shape index (κ2) is 4.69. The summed E-state index contributed by atoms with van der Waals surface area (Å²) in [5.41, 5.74) is 2.58. The van der Waals surface area contributed by atoms with Crippen molar-refractivity contribution < 1.29 is 0 Å². The van der Waals surface area contributed by atoms with Gasteiger partial charge in [0.05, 0.1) is 11.7 Å². The lowest BCUT2D eigenvalue weighted by Crippen LogP contribution is -2.24. The molecule has 0 saturated heterocycles. The summed E-state index contributed by atoms with van der Waals surface area (Å²) in [5, 5.41) is 4.95. The molecule has 2 aromatic rings. The van der Waals surface area contributed by atoms with E-state index in [-0.39, 0.29) is 6.04 Å². The molecule has 1 atom stereocenters. The molecule has 1 N–H and O–H groups in total. The molecule has 2 aliphatic carbocycles. The van der Waals surface area contributed by atoms with Gasteiger partial charge in [0.25, 0.3) is 0 Å². The predicted molar refractivity (Wildman–Crippen MR) is 76.4 cm³/mol. The van der Waals surface area contributed by atoms with Gasteiger partial charge in [0.15, 0.2) is 0 Å². The largest absolute Gasteiger partial charge is 0.301 e. The molecule has 2 aliphatic rings. The van der Waals surface area contributed by atoms with E-state index in [1.807, 2.05) is 29.8 Å². The number of nitrogens with one attached hydrogen (secondary N) is 1. The van der Waals surface area contributed by atoms with Crippen LogP contribution in [0.3, 0.4) is 0 Å². The smallest absolute Gasteiger partial charge is 0.115 e. The third-order valence-corrected chi connectivity index (χ3v) is 5.08. The van der Waals surface area contributed by atoms with E-state index in [2.05, 4.69) is 16.4 Å². The summed E-state index contributed by atoms with van der Waals surface area (Å²) >= 11 is 1.89. The van der Waals surface area contributed by atoms with Crippen LogP contribution in [0.15, 0.2) is 24.5 Å². The van der Waals surface area contributed by atoms with Crippen LogP contribution in [0, 0.1) is 0 Å². The summed E-state index contributed by atoms with van der Waals surface area (Å²) in [7, 11) is 0. The number of fused-ring (bicyclic) bond motifs is 1. The minimum absolute atomic E-state index is 0.233. The normalized spacial score (nSPS) is 19.4. The van der Waals surface area contributed by atoms with E-state index in [4.69, 9.17) is 4.98 Å². The quantitative estimate of drug-likeness (QED) is 0.929. The van der Waals surface area contributed by atoms with Gasteiger partial charge in [0.1, 0.15) is 5.01 Å². The van der Waals surface area contributed by atoms with Gasteiger partial charge < -0.3 is 5.32 Å². The molecule has 4 rings (SSSR count). The van der Waals surface area contributed by atoms with E-state index in [0.717, 1.165) is 6.42 Å². The van der Waals surface area contributed by atoms with Crippen molar-refractivity contribution >= 4 is 11.3 Å². The molecule has 3 nitrogen and oxygen atoms in total. The highest BCUT2D eigenvalue weighted by molar-refractivity contribution is 7.11. The summed E-state index contributed by atoms with van der Waals surface area (Å²) in [4.78, 5) is 10.6. The van der Waals surface area contributed by atoms with Gasteiger partial charge in [-0.25, -0.2) is 4.98 Å². The molecule has 0 amide bonds. The number of rotatable bonds is 4. The van der Waals surface area contributed by atoms with E-state index in [1.165, 1.54) is 46.8 Å². The number of aryl methyl sites for hydroxylation is 2. The Bertz CT molecular complexity index is 553. The lowest BCUT2D eigenvalue weighted by molar-refractivity contribution is 0.595. The molecule has 19 heavy (non-hydrogen) atoms. The minimum Gasteiger partial charge on any atom is -0.301 e. The fourth-order valence-electron chi connectivity index (χ4n) is 2.68. The molecule has 1 unspecified atom stereocenters. The van der Waals surface area contributed by atoms with E-state index in [0.29, 0.717) is 6.04 Å². The van der Waals surface area contributed by atoms with Gasteiger partial charge >= 0.3 is 0 Å². The molecule has 2 aromatic heterocycles. The zero-order valence-electron chi connectivity index (χ0n) is 10.8. The van der Waals surface area contributed by atoms with Crippen LogP contribution in [0.25, 0.3) is 0 Å². The SMILES string of the molecule is c1cncc(C(NC2CC2)c2nc3c(s2)CCC3)c1. The van der Waals surface area contributed by atoms with E-state index < -0.39 is 0 Å². The van der Waals surface area contributed by atoms with Crippen molar-refractivity contribution in [1.82, 2.24) is 15.3 Å². The second-order valence-electron chi connectivity index (χ2n) is 5.44. The molecular weight excluding hydrogens is 254 g/mol. The first-order chi connectivity index (χ1) is 9.40. The zero-order valence-corrected chi connectivity index (χ0v) is 11.6. The summed E-state index contributed by atoms with van der Waals surface area (Å²) in [6.45, 7) is 0. The van der Waals surface area contributed by atoms with Crippen molar-refractivity contribution in [2.24, 2.45) is 0 Å². The maximum atomic E-state index is 4.88. The Labute approximate surface area is 117 Å². The number of aromatic nitrogens is 2. The standard InChI is InChI=1S/C15H17N3S/c1-4-12-13(5-1)19-15(18-12)14(17-11-6-7-11)10-3-2-8-16-9-10/h2-3,8-9,11,14,17H,1,4-7H2. The molecule has 1 saturated carbocycles. The Balaban J connectivity index is 1.68. The molecule has 98 valence electrons. The van der Waals surface area contributed by atoms with Crippen LogP contribution in [0.4, 0.5) is 0 Å². The number of pyridine rings is 1. The summed E-state index contributed by atoms with van der Waals surface area (Å²) in [6, 6.07) is 5.07. The highest BCUT2D eigenvalue weighted by Gasteiger charge is 2.29. The lowest BCUT2D eigenvalue weighted by atomic mass is 10.1. The van der Waals surface area contributed by atoms with Crippen LogP contribution in [-0.4, -0.2) is 16.0 Å². The van der Waals surface area contributed by atoms with Crippen LogP contribution >= 0.6 is 11.3 Å². The van der Waals surface area contributed by atoms with Crippen LogP contribution in [0.1, 0.15) is 46.4 Å². The Hall–Kier alpha value is -1.26. The Kier molecular flexibility index (Phi) is 2.85. The second-order valence-corrected chi connectivity index (χ2v) is 6.55.